The fourth-order valence-corrected chi connectivity index (χ4v) is 2.88. The van der Waals surface area contributed by atoms with E-state index in [0.29, 0.717) is 31.2 Å². The van der Waals surface area contributed by atoms with Gasteiger partial charge in [-0.05, 0) is 37.1 Å². The molecule has 0 saturated carbocycles. The van der Waals surface area contributed by atoms with E-state index in [2.05, 4.69) is 20.6 Å². The van der Waals surface area contributed by atoms with Crippen molar-refractivity contribution in [3.8, 4) is 5.75 Å². The normalized spacial score (nSPS) is 10.4. The van der Waals surface area contributed by atoms with Crippen LogP contribution in [0.1, 0.15) is 27.4 Å². The van der Waals surface area contributed by atoms with Gasteiger partial charge < -0.3 is 15.4 Å². The van der Waals surface area contributed by atoms with E-state index in [9.17, 15) is 9.18 Å². The fourth-order valence-electron chi connectivity index (χ4n) is 2.88. The Hall–Kier alpha value is -3.48. The maximum atomic E-state index is 13.0. The Morgan fingerprint density at radius 3 is 2.62 bits per heavy atom. The SMILES string of the molecule is COc1ccccc1CNC(=O)c1cc(NCCc2ccc(F)cc2)nc(C)n1. The summed E-state index contributed by atoms with van der Waals surface area (Å²) in [6.07, 6.45) is 0.707. The lowest BCUT2D eigenvalue weighted by atomic mass is 10.1. The lowest BCUT2D eigenvalue weighted by Crippen LogP contribution is -2.25. The van der Waals surface area contributed by atoms with Crippen LogP contribution in [0, 0.1) is 12.7 Å². The number of anilines is 1. The Morgan fingerprint density at radius 2 is 1.86 bits per heavy atom. The summed E-state index contributed by atoms with van der Waals surface area (Å²) in [6.45, 7) is 2.67. The second-order valence-electron chi connectivity index (χ2n) is 6.48. The molecule has 2 N–H and O–H groups in total. The highest BCUT2D eigenvalue weighted by Crippen LogP contribution is 2.17. The molecule has 6 nitrogen and oxygen atoms in total. The van der Waals surface area contributed by atoms with E-state index >= 15 is 0 Å². The lowest BCUT2D eigenvalue weighted by molar-refractivity contribution is 0.0945. The summed E-state index contributed by atoms with van der Waals surface area (Å²) < 4.78 is 18.3. The van der Waals surface area contributed by atoms with Crippen LogP contribution >= 0.6 is 0 Å². The fraction of sp³-hybridized carbons (Fsp3) is 0.227. The van der Waals surface area contributed by atoms with Crippen molar-refractivity contribution in [3.63, 3.8) is 0 Å². The molecule has 1 aromatic heterocycles. The summed E-state index contributed by atoms with van der Waals surface area (Å²) in [7, 11) is 1.60. The van der Waals surface area contributed by atoms with Crippen molar-refractivity contribution >= 4 is 11.7 Å². The van der Waals surface area contributed by atoms with Crippen molar-refractivity contribution < 1.29 is 13.9 Å². The molecule has 0 atom stereocenters. The maximum Gasteiger partial charge on any atom is 0.270 e. The third kappa shape index (κ3) is 5.75. The van der Waals surface area contributed by atoms with E-state index in [4.69, 9.17) is 4.74 Å². The number of nitrogens with one attached hydrogen (secondary N) is 2. The first-order chi connectivity index (χ1) is 14.0. The summed E-state index contributed by atoms with van der Waals surface area (Å²) in [5.41, 5.74) is 2.18. The first-order valence-electron chi connectivity index (χ1n) is 9.29. The molecule has 7 heteroatoms. The number of carbonyl (C=O) groups excluding carboxylic acids is 1. The molecule has 0 unspecified atom stereocenters. The van der Waals surface area contributed by atoms with Gasteiger partial charge in [0.25, 0.3) is 5.91 Å². The number of nitrogens with zero attached hydrogens (tertiary/aromatic N) is 2. The Morgan fingerprint density at radius 1 is 1.10 bits per heavy atom. The van der Waals surface area contributed by atoms with Gasteiger partial charge in [0.2, 0.25) is 0 Å². The van der Waals surface area contributed by atoms with Crippen molar-refractivity contribution in [1.82, 2.24) is 15.3 Å². The van der Waals surface area contributed by atoms with Gasteiger partial charge in [-0.2, -0.15) is 0 Å². The van der Waals surface area contributed by atoms with Gasteiger partial charge in [-0.25, -0.2) is 14.4 Å². The molecule has 2 aromatic carbocycles. The number of hydrogen-bond acceptors (Lipinski definition) is 5. The standard InChI is InChI=1S/C22H23FN4O2/c1-15-26-19(22(28)25-14-17-5-3-4-6-20(17)29-2)13-21(27-15)24-12-11-16-7-9-18(23)10-8-16/h3-10,13H,11-12,14H2,1-2H3,(H,25,28)(H,24,26,27). The van der Waals surface area contributed by atoms with Crippen LogP contribution in [0.15, 0.2) is 54.6 Å². The van der Waals surface area contributed by atoms with Crippen LogP contribution in [0.5, 0.6) is 5.75 Å². The summed E-state index contributed by atoms with van der Waals surface area (Å²) in [4.78, 5) is 21.1. The largest absolute Gasteiger partial charge is 0.496 e. The molecule has 0 aliphatic heterocycles. The predicted molar refractivity (Wildman–Crippen MR) is 110 cm³/mol. The number of carbonyl (C=O) groups is 1. The topological polar surface area (TPSA) is 76.1 Å². The van der Waals surface area contributed by atoms with Crippen LogP contribution in [-0.4, -0.2) is 29.5 Å². The molecule has 0 radical (unpaired) electrons. The van der Waals surface area contributed by atoms with Crippen LogP contribution in [0.2, 0.25) is 0 Å². The number of rotatable bonds is 8. The van der Waals surface area contributed by atoms with Gasteiger partial charge in [-0.3, -0.25) is 4.79 Å². The maximum absolute atomic E-state index is 13.0. The minimum atomic E-state index is -0.289. The molecule has 0 aliphatic carbocycles. The summed E-state index contributed by atoms with van der Waals surface area (Å²) in [6, 6.07) is 15.5. The average Bonchev–Trinajstić information content (AvgIpc) is 2.73. The van der Waals surface area contributed by atoms with E-state index in [1.807, 2.05) is 24.3 Å². The Labute approximate surface area is 169 Å². The molecule has 3 aromatic rings. The molecular weight excluding hydrogens is 371 g/mol. The Bertz CT molecular complexity index is 977. The van der Waals surface area contributed by atoms with E-state index < -0.39 is 0 Å². The summed E-state index contributed by atoms with van der Waals surface area (Å²) >= 11 is 0. The van der Waals surface area contributed by atoms with Crippen LogP contribution in [0.25, 0.3) is 0 Å². The number of para-hydroxylation sites is 1. The van der Waals surface area contributed by atoms with Crippen LogP contribution < -0.4 is 15.4 Å². The second-order valence-corrected chi connectivity index (χ2v) is 6.48. The van der Waals surface area contributed by atoms with Crippen LogP contribution in [0.4, 0.5) is 10.2 Å². The van der Waals surface area contributed by atoms with Crippen molar-refractivity contribution in [3.05, 3.63) is 83.1 Å². The predicted octanol–water partition coefficient (Wildman–Crippen LogP) is 3.52. The first-order valence-corrected chi connectivity index (χ1v) is 9.29. The lowest BCUT2D eigenvalue weighted by Gasteiger charge is -2.11. The van der Waals surface area contributed by atoms with Gasteiger partial charge in [0.15, 0.2) is 0 Å². The molecule has 29 heavy (non-hydrogen) atoms. The number of aryl methyl sites for hydroxylation is 1. The Kier molecular flexibility index (Phi) is 6.73. The quantitative estimate of drug-likeness (QED) is 0.611. The van der Waals surface area contributed by atoms with Gasteiger partial charge in [0.05, 0.1) is 7.11 Å². The van der Waals surface area contributed by atoms with Gasteiger partial charge in [0.1, 0.15) is 28.9 Å². The van der Waals surface area contributed by atoms with Crippen molar-refractivity contribution in [1.29, 1.82) is 0 Å². The number of amides is 1. The van der Waals surface area contributed by atoms with Crippen molar-refractivity contribution in [2.24, 2.45) is 0 Å². The summed E-state index contributed by atoms with van der Waals surface area (Å²) in [5.74, 6) is 1.25. The highest BCUT2D eigenvalue weighted by atomic mass is 19.1. The zero-order valence-electron chi connectivity index (χ0n) is 16.4. The van der Waals surface area contributed by atoms with E-state index in [1.165, 1.54) is 12.1 Å². The molecule has 0 saturated heterocycles. The molecular formula is C22H23FN4O2. The highest BCUT2D eigenvalue weighted by molar-refractivity contribution is 5.92. The number of hydrogen-bond donors (Lipinski definition) is 2. The molecule has 1 heterocycles. The average molecular weight is 394 g/mol. The Balaban J connectivity index is 1.60. The smallest absolute Gasteiger partial charge is 0.270 e. The number of methoxy groups -OCH3 is 1. The molecule has 0 aliphatic rings. The van der Waals surface area contributed by atoms with E-state index in [0.717, 1.165) is 16.9 Å². The minimum absolute atomic E-state index is 0.253. The number of benzene rings is 2. The molecule has 0 fully saturated rings. The van der Waals surface area contributed by atoms with Gasteiger partial charge in [-0.1, -0.05) is 30.3 Å². The van der Waals surface area contributed by atoms with Crippen molar-refractivity contribution in [2.45, 2.75) is 19.9 Å². The third-order valence-corrected chi connectivity index (χ3v) is 4.34. The van der Waals surface area contributed by atoms with Crippen LogP contribution in [0.3, 0.4) is 0 Å². The van der Waals surface area contributed by atoms with Gasteiger partial charge >= 0.3 is 0 Å². The minimum Gasteiger partial charge on any atom is -0.496 e. The zero-order valence-corrected chi connectivity index (χ0v) is 16.4. The first kappa shape index (κ1) is 20.3. The number of ether oxygens (including phenoxy) is 1. The number of aromatic nitrogens is 2. The molecule has 150 valence electrons. The summed E-state index contributed by atoms with van der Waals surface area (Å²) in [5, 5.41) is 6.05. The third-order valence-electron chi connectivity index (χ3n) is 4.34. The van der Waals surface area contributed by atoms with Gasteiger partial charge in [-0.15, -0.1) is 0 Å². The molecule has 0 bridgehead atoms. The molecule has 3 rings (SSSR count). The molecule has 0 spiro atoms. The zero-order chi connectivity index (χ0) is 20.6. The van der Waals surface area contributed by atoms with Gasteiger partial charge in [0, 0.05) is 24.7 Å². The monoisotopic (exact) mass is 394 g/mol. The van der Waals surface area contributed by atoms with E-state index in [1.54, 1.807) is 32.2 Å². The van der Waals surface area contributed by atoms with Crippen LogP contribution in [-0.2, 0) is 13.0 Å². The van der Waals surface area contributed by atoms with E-state index in [-0.39, 0.29) is 17.4 Å². The second kappa shape index (κ2) is 9.64. The highest BCUT2D eigenvalue weighted by Gasteiger charge is 2.11. The molecule has 1 amide bonds. The van der Waals surface area contributed by atoms with Crippen molar-refractivity contribution in [2.75, 3.05) is 19.0 Å². The number of halogens is 1.